The zero-order chi connectivity index (χ0) is 12.7. The summed E-state index contributed by atoms with van der Waals surface area (Å²) in [6.07, 6.45) is 10.5. The minimum atomic E-state index is -0.119. The molecule has 0 aromatic carbocycles. The van der Waals surface area contributed by atoms with Crippen LogP contribution >= 0.6 is 0 Å². The van der Waals surface area contributed by atoms with E-state index in [0.717, 1.165) is 32.4 Å². The number of amides is 1. The van der Waals surface area contributed by atoms with Gasteiger partial charge in [0.1, 0.15) is 0 Å². The molecule has 3 heteroatoms. The molecule has 0 aromatic rings. The molecule has 1 rings (SSSR count). The Morgan fingerprint density at radius 3 is 2.59 bits per heavy atom. The van der Waals surface area contributed by atoms with E-state index >= 15 is 0 Å². The Morgan fingerprint density at radius 1 is 1.41 bits per heavy atom. The molecule has 0 aromatic heterocycles. The van der Waals surface area contributed by atoms with Gasteiger partial charge in [-0.25, -0.2) is 0 Å². The first-order chi connectivity index (χ1) is 8.19. The van der Waals surface area contributed by atoms with Crippen LogP contribution in [-0.4, -0.2) is 36.0 Å². The molecule has 0 saturated carbocycles. The van der Waals surface area contributed by atoms with E-state index in [9.17, 15) is 4.79 Å². The first-order valence-corrected chi connectivity index (χ1v) is 6.67. The van der Waals surface area contributed by atoms with Gasteiger partial charge in [-0.3, -0.25) is 4.79 Å². The van der Waals surface area contributed by atoms with Crippen LogP contribution in [0, 0.1) is 12.3 Å². The lowest BCUT2D eigenvalue weighted by atomic mass is 10.1. The van der Waals surface area contributed by atoms with Crippen molar-refractivity contribution in [3.63, 3.8) is 0 Å². The van der Waals surface area contributed by atoms with Crippen LogP contribution in [0.15, 0.2) is 0 Å². The van der Waals surface area contributed by atoms with Gasteiger partial charge in [0.05, 0.1) is 6.04 Å². The minimum Gasteiger partial charge on any atom is -0.341 e. The van der Waals surface area contributed by atoms with Crippen LogP contribution in [0.3, 0.4) is 0 Å². The van der Waals surface area contributed by atoms with Gasteiger partial charge in [0.25, 0.3) is 0 Å². The highest BCUT2D eigenvalue weighted by atomic mass is 16.2. The van der Waals surface area contributed by atoms with E-state index in [1.54, 1.807) is 0 Å². The van der Waals surface area contributed by atoms with E-state index in [1.165, 1.54) is 6.42 Å². The van der Waals surface area contributed by atoms with Gasteiger partial charge in [0.15, 0.2) is 0 Å². The topological polar surface area (TPSA) is 32.3 Å². The van der Waals surface area contributed by atoms with Gasteiger partial charge < -0.3 is 10.2 Å². The van der Waals surface area contributed by atoms with E-state index in [2.05, 4.69) is 18.2 Å². The second kappa shape index (κ2) is 7.34. The molecule has 0 radical (unpaired) electrons. The third kappa shape index (κ3) is 4.40. The van der Waals surface area contributed by atoms with Gasteiger partial charge >= 0.3 is 0 Å². The molecule has 1 aliphatic rings. The van der Waals surface area contributed by atoms with Gasteiger partial charge in [-0.15, -0.1) is 12.3 Å². The Balaban J connectivity index is 2.42. The average Bonchev–Trinajstić information content (AvgIpc) is 2.38. The summed E-state index contributed by atoms with van der Waals surface area (Å²) in [4.78, 5) is 14.1. The number of nitrogens with one attached hydrogen (secondary N) is 1. The lowest BCUT2D eigenvalue weighted by Gasteiger charge is -2.30. The van der Waals surface area contributed by atoms with E-state index in [1.807, 2.05) is 11.8 Å². The number of terminal acetylenes is 1. The molecule has 2 unspecified atom stereocenters. The smallest absolute Gasteiger partial charge is 0.239 e. The first kappa shape index (κ1) is 14.1. The third-order valence-corrected chi connectivity index (χ3v) is 3.38. The number of carbonyl (C=O) groups excluding carboxylic acids is 1. The van der Waals surface area contributed by atoms with Crippen molar-refractivity contribution in [1.82, 2.24) is 10.2 Å². The largest absolute Gasteiger partial charge is 0.341 e. The molecule has 0 bridgehead atoms. The fraction of sp³-hybridized carbons (Fsp3) is 0.786. The van der Waals surface area contributed by atoms with Gasteiger partial charge in [-0.2, -0.15) is 0 Å². The number of hydrogen-bond donors (Lipinski definition) is 1. The standard InChI is InChI=1S/C14H24N2O/c1-4-9-13(5-2)15-12(3)14(17)16-10-7-6-8-11-16/h1,12-13,15H,5-11H2,2-3H3. The Kier molecular flexibility index (Phi) is 6.07. The predicted octanol–water partition coefficient (Wildman–Crippen LogP) is 1.78. The number of likely N-dealkylation sites (tertiary alicyclic amines) is 1. The van der Waals surface area contributed by atoms with Crippen LogP contribution in [0.25, 0.3) is 0 Å². The van der Waals surface area contributed by atoms with Crippen molar-refractivity contribution >= 4 is 5.91 Å². The highest BCUT2D eigenvalue weighted by Crippen LogP contribution is 2.10. The molecule has 1 heterocycles. The summed E-state index contributed by atoms with van der Waals surface area (Å²) >= 11 is 0. The Bertz CT molecular complexity index is 276. The highest BCUT2D eigenvalue weighted by molar-refractivity contribution is 5.81. The maximum atomic E-state index is 12.2. The normalized spacial score (nSPS) is 19.5. The van der Waals surface area contributed by atoms with Gasteiger partial charge in [0.2, 0.25) is 5.91 Å². The Labute approximate surface area is 105 Å². The van der Waals surface area contributed by atoms with Gasteiger partial charge in [-0.1, -0.05) is 6.92 Å². The highest BCUT2D eigenvalue weighted by Gasteiger charge is 2.23. The summed E-state index contributed by atoms with van der Waals surface area (Å²) < 4.78 is 0. The van der Waals surface area contributed by atoms with Crippen LogP contribution in [0.1, 0.15) is 46.0 Å². The summed E-state index contributed by atoms with van der Waals surface area (Å²) in [6, 6.07) is 0.134. The summed E-state index contributed by atoms with van der Waals surface area (Å²) in [6.45, 7) is 5.86. The number of carbonyl (C=O) groups is 1. The number of rotatable bonds is 5. The molecule has 1 saturated heterocycles. The SMILES string of the molecule is C#CCC(CC)NC(C)C(=O)N1CCCCC1. The first-order valence-electron chi connectivity index (χ1n) is 6.67. The second-order valence-corrected chi connectivity index (χ2v) is 4.79. The minimum absolute atomic E-state index is 0.119. The maximum absolute atomic E-state index is 12.2. The molecule has 1 N–H and O–H groups in total. The van der Waals surface area contributed by atoms with Crippen molar-refractivity contribution in [3.05, 3.63) is 0 Å². The van der Waals surface area contributed by atoms with Crippen molar-refractivity contribution in [2.75, 3.05) is 13.1 Å². The average molecular weight is 236 g/mol. The van der Waals surface area contributed by atoms with Crippen molar-refractivity contribution in [3.8, 4) is 12.3 Å². The lowest BCUT2D eigenvalue weighted by Crippen LogP contribution is -2.49. The molecule has 17 heavy (non-hydrogen) atoms. The Morgan fingerprint density at radius 2 is 2.06 bits per heavy atom. The third-order valence-electron chi connectivity index (χ3n) is 3.38. The van der Waals surface area contributed by atoms with Gasteiger partial charge in [0, 0.05) is 25.6 Å². The summed E-state index contributed by atoms with van der Waals surface area (Å²) in [7, 11) is 0. The molecule has 3 nitrogen and oxygen atoms in total. The molecule has 96 valence electrons. The predicted molar refractivity (Wildman–Crippen MR) is 70.6 cm³/mol. The molecular formula is C14H24N2O. The van der Waals surface area contributed by atoms with Crippen LogP contribution in [0.5, 0.6) is 0 Å². The zero-order valence-corrected chi connectivity index (χ0v) is 11.0. The fourth-order valence-electron chi connectivity index (χ4n) is 2.28. The molecular weight excluding hydrogens is 212 g/mol. The summed E-state index contributed by atoms with van der Waals surface area (Å²) in [5.74, 6) is 2.88. The lowest BCUT2D eigenvalue weighted by molar-refractivity contribution is -0.134. The van der Waals surface area contributed by atoms with Crippen molar-refractivity contribution in [2.45, 2.75) is 58.0 Å². The van der Waals surface area contributed by atoms with Crippen LogP contribution in [-0.2, 0) is 4.79 Å². The molecule has 1 aliphatic heterocycles. The second-order valence-electron chi connectivity index (χ2n) is 4.79. The Hall–Kier alpha value is -1.01. The van der Waals surface area contributed by atoms with Crippen LogP contribution in [0.2, 0.25) is 0 Å². The van der Waals surface area contributed by atoms with E-state index in [4.69, 9.17) is 6.42 Å². The molecule has 1 amide bonds. The molecule has 1 fully saturated rings. The van der Waals surface area contributed by atoms with Gasteiger partial charge in [-0.05, 0) is 32.6 Å². The van der Waals surface area contributed by atoms with E-state index in [0.29, 0.717) is 6.42 Å². The monoisotopic (exact) mass is 236 g/mol. The van der Waals surface area contributed by atoms with Crippen molar-refractivity contribution in [1.29, 1.82) is 0 Å². The molecule has 0 aliphatic carbocycles. The maximum Gasteiger partial charge on any atom is 0.239 e. The molecule has 0 spiro atoms. The van der Waals surface area contributed by atoms with E-state index < -0.39 is 0 Å². The quantitative estimate of drug-likeness (QED) is 0.738. The fourth-order valence-corrected chi connectivity index (χ4v) is 2.28. The number of nitrogens with zero attached hydrogens (tertiary/aromatic N) is 1. The summed E-state index contributed by atoms with van der Waals surface area (Å²) in [5.41, 5.74) is 0. The number of piperidine rings is 1. The van der Waals surface area contributed by atoms with Crippen LogP contribution < -0.4 is 5.32 Å². The number of hydrogen-bond acceptors (Lipinski definition) is 2. The summed E-state index contributed by atoms with van der Waals surface area (Å²) in [5, 5.41) is 3.33. The van der Waals surface area contributed by atoms with Crippen molar-refractivity contribution in [2.24, 2.45) is 0 Å². The molecule has 2 atom stereocenters. The van der Waals surface area contributed by atoms with Crippen molar-refractivity contribution < 1.29 is 4.79 Å². The van der Waals surface area contributed by atoms with E-state index in [-0.39, 0.29) is 18.0 Å². The van der Waals surface area contributed by atoms with Crippen LogP contribution in [0.4, 0.5) is 0 Å². The zero-order valence-electron chi connectivity index (χ0n) is 11.0.